The van der Waals surface area contributed by atoms with Gasteiger partial charge in [0.15, 0.2) is 0 Å². The molecule has 0 amide bonds. The molecule has 0 aromatic rings. The van der Waals surface area contributed by atoms with Crippen molar-refractivity contribution in [3.63, 3.8) is 0 Å². The van der Waals surface area contributed by atoms with Crippen molar-refractivity contribution in [1.82, 2.24) is 5.32 Å². The lowest BCUT2D eigenvalue weighted by Crippen LogP contribution is -2.05. The number of hydrogen-bond acceptors (Lipinski definition) is 1. The molecule has 0 saturated carbocycles. The van der Waals surface area contributed by atoms with Gasteiger partial charge in [0.1, 0.15) is 0 Å². The monoisotopic (exact) mass is 193 g/mol. The molecule has 0 aromatic heterocycles. The van der Waals surface area contributed by atoms with Crippen LogP contribution in [0.4, 0.5) is 0 Å². The summed E-state index contributed by atoms with van der Waals surface area (Å²) in [5.41, 5.74) is 2.20. The molecular weight excluding hydrogens is 170 g/mol. The Morgan fingerprint density at radius 1 is 1.07 bits per heavy atom. The molecule has 0 bridgehead atoms. The third-order valence-electron chi connectivity index (χ3n) is 1.48. The van der Waals surface area contributed by atoms with Gasteiger partial charge in [0.25, 0.3) is 0 Å². The highest BCUT2D eigenvalue weighted by atomic mass is 14.8. The standard InChI is InChI=1S/C11H17N.C2H6/c1-5-8-10(7-3)11(12-4)9-6-2;1-2/h5-9,12H,3H2,1-2,4H3;1-2H3/b8-5-,9-6-,11-10-;. The van der Waals surface area contributed by atoms with Crippen LogP contribution in [0.3, 0.4) is 0 Å². The summed E-state index contributed by atoms with van der Waals surface area (Å²) >= 11 is 0. The molecule has 0 heterocycles. The number of likely N-dealkylation sites (N-methyl/N-ethyl adjacent to an activating group) is 1. The normalized spacial score (nSPS) is 12.1. The second-order valence-electron chi connectivity index (χ2n) is 2.32. The van der Waals surface area contributed by atoms with E-state index in [9.17, 15) is 0 Å². The molecular formula is C13H23N. The lowest BCUT2D eigenvalue weighted by Gasteiger charge is -2.03. The summed E-state index contributed by atoms with van der Waals surface area (Å²) in [6.07, 6.45) is 9.89. The van der Waals surface area contributed by atoms with Gasteiger partial charge in [0.05, 0.1) is 0 Å². The Balaban J connectivity index is 0. The van der Waals surface area contributed by atoms with Gasteiger partial charge in [0.2, 0.25) is 0 Å². The highest BCUT2D eigenvalue weighted by Gasteiger charge is 1.92. The molecule has 0 aromatic carbocycles. The second-order valence-corrected chi connectivity index (χ2v) is 2.32. The van der Waals surface area contributed by atoms with Gasteiger partial charge in [-0.3, -0.25) is 0 Å². The molecule has 0 rings (SSSR count). The smallest absolute Gasteiger partial charge is 0.0407 e. The van der Waals surface area contributed by atoms with Crippen molar-refractivity contribution in [3.05, 3.63) is 48.2 Å². The molecule has 0 aliphatic carbocycles. The van der Waals surface area contributed by atoms with E-state index >= 15 is 0 Å². The zero-order valence-electron chi connectivity index (χ0n) is 10.1. The highest BCUT2D eigenvalue weighted by Crippen LogP contribution is 2.05. The van der Waals surface area contributed by atoms with Crippen molar-refractivity contribution in [1.29, 1.82) is 0 Å². The van der Waals surface area contributed by atoms with E-state index in [1.54, 1.807) is 0 Å². The van der Waals surface area contributed by atoms with Gasteiger partial charge in [-0.15, -0.1) is 0 Å². The molecule has 0 saturated heterocycles. The molecule has 1 nitrogen and oxygen atoms in total. The molecule has 0 atom stereocenters. The Labute approximate surface area is 88.9 Å². The molecule has 0 aliphatic rings. The summed E-state index contributed by atoms with van der Waals surface area (Å²) in [5, 5.41) is 3.11. The van der Waals surface area contributed by atoms with Crippen LogP contribution in [0.5, 0.6) is 0 Å². The van der Waals surface area contributed by atoms with Crippen LogP contribution < -0.4 is 5.32 Å². The van der Waals surface area contributed by atoms with Gasteiger partial charge in [-0.2, -0.15) is 0 Å². The molecule has 0 spiro atoms. The van der Waals surface area contributed by atoms with Gasteiger partial charge < -0.3 is 5.32 Å². The zero-order valence-corrected chi connectivity index (χ0v) is 10.1. The minimum atomic E-state index is 1.09. The number of rotatable bonds is 4. The molecule has 0 fully saturated rings. The SMILES string of the molecule is C=CC(/C=C\C)=C(\C=C/C)NC.CC. The van der Waals surface area contributed by atoms with Crippen LogP contribution >= 0.6 is 0 Å². The summed E-state index contributed by atoms with van der Waals surface area (Å²) in [6.45, 7) is 11.7. The summed E-state index contributed by atoms with van der Waals surface area (Å²) < 4.78 is 0. The molecule has 1 N–H and O–H groups in total. The Hall–Kier alpha value is -1.24. The fourth-order valence-corrected chi connectivity index (χ4v) is 0.938. The maximum absolute atomic E-state index is 3.75. The van der Waals surface area contributed by atoms with Crippen molar-refractivity contribution in [2.24, 2.45) is 0 Å². The minimum absolute atomic E-state index is 1.09. The first-order valence-electron chi connectivity index (χ1n) is 5.10. The molecule has 0 unspecified atom stereocenters. The Morgan fingerprint density at radius 2 is 1.57 bits per heavy atom. The summed E-state index contributed by atoms with van der Waals surface area (Å²) in [5.74, 6) is 0. The van der Waals surface area contributed by atoms with Gasteiger partial charge in [-0.25, -0.2) is 0 Å². The number of allylic oxidation sites excluding steroid dienone is 6. The van der Waals surface area contributed by atoms with E-state index in [0.717, 1.165) is 11.3 Å². The average Bonchev–Trinajstić information content (AvgIpc) is 2.26. The minimum Gasteiger partial charge on any atom is -0.388 e. The van der Waals surface area contributed by atoms with Crippen molar-refractivity contribution < 1.29 is 0 Å². The number of nitrogens with one attached hydrogen (secondary N) is 1. The summed E-state index contributed by atoms with van der Waals surface area (Å²) in [6, 6.07) is 0. The molecule has 0 radical (unpaired) electrons. The third-order valence-corrected chi connectivity index (χ3v) is 1.48. The number of hydrogen-bond donors (Lipinski definition) is 1. The largest absolute Gasteiger partial charge is 0.388 e. The van der Waals surface area contributed by atoms with E-state index in [1.807, 2.05) is 65.1 Å². The van der Waals surface area contributed by atoms with Crippen molar-refractivity contribution in [2.45, 2.75) is 27.7 Å². The second kappa shape index (κ2) is 11.8. The van der Waals surface area contributed by atoms with Gasteiger partial charge in [-0.1, -0.05) is 44.7 Å². The van der Waals surface area contributed by atoms with Gasteiger partial charge >= 0.3 is 0 Å². The fraction of sp³-hybridized carbons (Fsp3) is 0.385. The van der Waals surface area contributed by atoms with E-state index in [4.69, 9.17) is 0 Å². The molecule has 80 valence electrons. The predicted molar refractivity (Wildman–Crippen MR) is 67.3 cm³/mol. The molecule has 0 aliphatic heterocycles. The van der Waals surface area contributed by atoms with E-state index < -0.39 is 0 Å². The molecule has 14 heavy (non-hydrogen) atoms. The third kappa shape index (κ3) is 6.30. The van der Waals surface area contributed by atoms with Crippen molar-refractivity contribution >= 4 is 0 Å². The average molecular weight is 193 g/mol. The lowest BCUT2D eigenvalue weighted by molar-refractivity contribution is 1.02. The maximum Gasteiger partial charge on any atom is 0.0407 e. The Kier molecular flexibility index (Phi) is 12.8. The van der Waals surface area contributed by atoms with Crippen molar-refractivity contribution in [3.8, 4) is 0 Å². The first-order chi connectivity index (χ1) is 6.79. The van der Waals surface area contributed by atoms with Crippen LogP contribution in [0.25, 0.3) is 0 Å². The van der Waals surface area contributed by atoms with E-state index in [0.29, 0.717) is 0 Å². The van der Waals surface area contributed by atoms with Gasteiger partial charge in [0, 0.05) is 12.7 Å². The van der Waals surface area contributed by atoms with E-state index in [2.05, 4.69) is 11.9 Å². The van der Waals surface area contributed by atoms with Crippen LogP contribution in [0.1, 0.15) is 27.7 Å². The zero-order chi connectivity index (χ0) is 11.4. The Morgan fingerprint density at radius 3 is 1.86 bits per heavy atom. The topological polar surface area (TPSA) is 12.0 Å². The van der Waals surface area contributed by atoms with E-state index in [-0.39, 0.29) is 0 Å². The first-order valence-corrected chi connectivity index (χ1v) is 5.10. The van der Waals surface area contributed by atoms with Gasteiger partial charge in [-0.05, 0) is 25.5 Å². The quantitative estimate of drug-likeness (QED) is 0.669. The lowest BCUT2D eigenvalue weighted by atomic mass is 10.1. The van der Waals surface area contributed by atoms with Crippen LogP contribution in [0.15, 0.2) is 48.2 Å². The maximum atomic E-state index is 3.75. The van der Waals surface area contributed by atoms with Crippen LogP contribution in [0, 0.1) is 0 Å². The Bertz CT molecular complexity index is 219. The van der Waals surface area contributed by atoms with Crippen molar-refractivity contribution in [2.75, 3.05) is 7.05 Å². The van der Waals surface area contributed by atoms with E-state index in [1.165, 1.54) is 0 Å². The highest BCUT2D eigenvalue weighted by molar-refractivity contribution is 5.38. The predicted octanol–water partition coefficient (Wildman–Crippen LogP) is 3.82. The summed E-state index contributed by atoms with van der Waals surface area (Å²) in [4.78, 5) is 0. The van der Waals surface area contributed by atoms with Crippen LogP contribution in [0.2, 0.25) is 0 Å². The fourth-order valence-electron chi connectivity index (χ4n) is 0.938. The summed E-state index contributed by atoms with van der Waals surface area (Å²) in [7, 11) is 1.91. The molecule has 1 heteroatoms. The van der Waals surface area contributed by atoms with Crippen LogP contribution in [-0.2, 0) is 0 Å². The first kappa shape index (κ1) is 15.2. The van der Waals surface area contributed by atoms with Crippen LogP contribution in [-0.4, -0.2) is 7.05 Å².